The van der Waals surface area contributed by atoms with Crippen molar-refractivity contribution < 1.29 is 0 Å². The summed E-state index contributed by atoms with van der Waals surface area (Å²) in [5.74, 6) is 8.00. The van der Waals surface area contributed by atoms with E-state index in [0.717, 1.165) is 18.4 Å². The molecule has 0 aromatic heterocycles. The molecule has 2 aliphatic rings. The first kappa shape index (κ1) is 32.1. The number of benzene rings is 3. The first-order valence-electron chi connectivity index (χ1n) is 13.2. The second kappa shape index (κ2) is 19.2. The van der Waals surface area contributed by atoms with Crippen LogP contribution in [-0.2, 0) is 0 Å². The molecule has 3 aromatic rings. The Labute approximate surface area is 231 Å². The lowest BCUT2D eigenvalue weighted by atomic mass is 9.94. The number of hydrazine groups is 1. The lowest BCUT2D eigenvalue weighted by molar-refractivity contribution is 0.937. The van der Waals surface area contributed by atoms with Crippen LogP contribution in [0.15, 0.2) is 145 Å². The normalized spacial score (nSPS) is 14.7. The van der Waals surface area contributed by atoms with Gasteiger partial charge in [0.2, 0.25) is 0 Å². The zero-order valence-corrected chi connectivity index (χ0v) is 23.8. The molecule has 0 radical (unpaired) electrons. The Hall–Kier alpha value is -3.92. The van der Waals surface area contributed by atoms with Crippen molar-refractivity contribution in [1.82, 2.24) is 0 Å². The Kier molecular flexibility index (Phi) is 16.2. The van der Waals surface area contributed by atoms with Crippen LogP contribution < -0.4 is 16.6 Å². The third-order valence-corrected chi connectivity index (χ3v) is 5.63. The van der Waals surface area contributed by atoms with Crippen LogP contribution in [0.1, 0.15) is 43.4 Å². The predicted molar refractivity (Wildman–Crippen MR) is 169 cm³/mol. The van der Waals surface area contributed by atoms with Gasteiger partial charge in [0.05, 0.1) is 0 Å². The van der Waals surface area contributed by atoms with Crippen LogP contribution in [0.2, 0.25) is 0 Å². The van der Waals surface area contributed by atoms with Gasteiger partial charge >= 0.3 is 0 Å². The largest absolute Gasteiger partial charge is 0.317 e. The average Bonchev–Trinajstić information content (AvgIpc) is 2.96. The second-order valence-electron chi connectivity index (χ2n) is 8.55. The molecular formula is C35H45N3. The number of nitrogens with two attached hydrogens (primary N) is 2. The first-order chi connectivity index (χ1) is 18.5. The molecule has 1 aliphatic carbocycles. The maximum absolute atomic E-state index is 4.20. The van der Waals surface area contributed by atoms with E-state index in [2.05, 4.69) is 129 Å². The summed E-state index contributed by atoms with van der Waals surface area (Å²) in [5.41, 5.74) is 8.81. The lowest BCUT2D eigenvalue weighted by Gasteiger charge is -2.28. The SMILES string of the molecule is C=C1/C=C\C=C/N(c2ccc(C)cc2)C2=C1CCC=C2.CC.Cc1ccccc1.Cc1ccccc1.NN. The van der Waals surface area contributed by atoms with Crippen LogP contribution in [0.4, 0.5) is 5.69 Å². The van der Waals surface area contributed by atoms with Crippen molar-refractivity contribution in [2.45, 2.75) is 47.5 Å². The van der Waals surface area contributed by atoms with Gasteiger partial charge in [-0.2, -0.15) is 0 Å². The van der Waals surface area contributed by atoms with E-state index in [1.807, 2.05) is 50.2 Å². The van der Waals surface area contributed by atoms with Crippen molar-refractivity contribution in [3.05, 3.63) is 162 Å². The van der Waals surface area contributed by atoms with Gasteiger partial charge in [-0.05, 0) is 69.0 Å². The van der Waals surface area contributed by atoms with Crippen LogP contribution in [-0.4, -0.2) is 0 Å². The molecule has 5 rings (SSSR count). The maximum Gasteiger partial charge on any atom is 0.0490 e. The molecule has 0 amide bonds. The lowest BCUT2D eigenvalue weighted by Crippen LogP contribution is -2.18. The number of aryl methyl sites for hydroxylation is 3. The molecule has 1 aliphatic heterocycles. The summed E-state index contributed by atoms with van der Waals surface area (Å²) in [7, 11) is 0. The average molecular weight is 508 g/mol. The van der Waals surface area contributed by atoms with E-state index in [9.17, 15) is 0 Å². The molecule has 1 heterocycles. The molecule has 0 unspecified atom stereocenters. The van der Waals surface area contributed by atoms with Crippen LogP contribution >= 0.6 is 0 Å². The molecule has 200 valence electrons. The Morgan fingerprint density at radius 2 is 1.16 bits per heavy atom. The molecule has 0 bridgehead atoms. The van der Waals surface area contributed by atoms with Crippen molar-refractivity contribution in [2.24, 2.45) is 11.7 Å². The molecule has 3 heteroatoms. The van der Waals surface area contributed by atoms with Gasteiger partial charge in [0.25, 0.3) is 0 Å². The van der Waals surface area contributed by atoms with E-state index >= 15 is 0 Å². The summed E-state index contributed by atoms with van der Waals surface area (Å²) in [6, 6.07) is 29.2. The van der Waals surface area contributed by atoms with Gasteiger partial charge in [0, 0.05) is 17.6 Å². The summed E-state index contributed by atoms with van der Waals surface area (Å²) in [4.78, 5) is 2.25. The van der Waals surface area contributed by atoms with Gasteiger partial charge in [0.15, 0.2) is 0 Å². The summed E-state index contributed by atoms with van der Waals surface area (Å²) in [5, 5.41) is 0. The van der Waals surface area contributed by atoms with Gasteiger partial charge in [-0.15, -0.1) is 0 Å². The van der Waals surface area contributed by atoms with Crippen LogP contribution in [0.5, 0.6) is 0 Å². The second-order valence-corrected chi connectivity index (χ2v) is 8.55. The summed E-state index contributed by atoms with van der Waals surface area (Å²) in [6.07, 6.45) is 15.0. The molecule has 0 fully saturated rings. The van der Waals surface area contributed by atoms with E-state index in [-0.39, 0.29) is 0 Å². The van der Waals surface area contributed by atoms with Crippen molar-refractivity contribution >= 4 is 5.69 Å². The van der Waals surface area contributed by atoms with E-state index in [1.165, 1.54) is 33.6 Å². The Morgan fingerprint density at radius 1 is 0.658 bits per heavy atom. The molecule has 0 saturated carbocycles. The van der Waals surface area contributed by atoms with Gasteiger partial charge < -0.3 is 4.90 Å². The molecule has 0 saturated heterocycles. The topological polar surface area (TPSA) is 55.3 Å². The fraction of sp³-hybridized carbons (Fsp3) is 0.200. The van der Waals surface area contributed by atoms with Crippen molar-refractivity contribution in [1.29, 1.82) is 0 Å². The minimum absolute atomic E-state index is 1.06. The van der Waals surface area contributed by atoms with Crippen molar-refractivity contribution in [2.75, 3.05) is 4.90 Å². The highest BCUT2D eigenvalue weighted by Gasteiger charge is 2.17. The van der Waals surface area contributed by atoms with Gasteiger partial charge in [-0.3, -0.25) is 11.7 Å². The highest BCUT2D eigenvalue weighted by Crippen LogP contribution is 2.32. The zero-order valence-electron chi connectivity index (χ0n) is 23.8. The van der Waals surface area contributed by atoms with E-state index in [1.54, 1.807) is 0 Å². The molecule has 0 atom stereocenters. The van der Waals surface area contributed by atoms with Crippen molar-refractivity contribution in [3.63, 3.8) is 0 Å². The predicted octanol–water partition coefficient (Wildman–Crippen LogP) is 8.88. The van der Waals surface area contributed by atoms with E-state index in [4.69, 9.17) is 0 Å². The molecule has 38 heavy (non-hydrogen) atoms. The number of nitrogens with zero attached hydrogens (tertiary/aromatic N) is 1. The smallest absolute Gasteiger partial charge is 0.0490 e. The standard InChI is InChI=1S/C19H19N.2C7H8.C2H6.H4N2/c1-15-10-12-17(13-11-15)20-14-6-5-7-16(2)18-8-3-4-9-19(18)20;2*1-7-5-3-2-4-6-7;2*1-2/h4-7,9-14H,2-3,8H2,1H3;2*2-6H,1H3;1-2H3;1-2H2/b7-5-,14-6-;;;;. The maximum atomic E-state index is 4.20. The molecule has 0 spiro atoms. The fourth-order valence-corrected chi connectivity index (χ4v) is 3.69. The van der Waals surface area contributed by atoms with Gasteiger partial charge in [-0.1, -0.05) is 128 Å². The summed E-state index contributed by atoms with van der Waals surface area (Å²) in [6.45, 7) is 14.5. The van der Waals surface area contributed by atoms with Crippen LogP contribution in [0.25, 0.3) is 0 Å². The third-order valence-electron chi connectivity index (χ3n) is 5.63. The Balaban J connectivity index is 0.000000329. The fourth-order valence-electron chi connectivity index (χ4n) is 3.69. The highest BCUT2D eigenvalue weighted by molar-refractivity contribution is 5.63. The van der Waals surface area contributed by atoms with Crippen molar-refractivity contribution in [3.8, 4) is 0 Å². The van der Waals surface area contributed by atoms with Gasteiger partial charge in [-0.25, -0.2) is 0 Å². The van der Waals surface area contributed by atoms with E-state index < -0.39 is 0 Å². The first-order valence-corrected chi connectivity index (χ1v) is 13.2. The molecule has 3 nitrogen and oxygen atoms in total. The number of anilines is 1. The van der Waals surface area contributed by atoms with Crippen LogP contribution in [0, 0.1) is 20.8 Å². The number of allylic oxidation sites excluding steroid dienone is 7. The van der Waals surface area contributed by atoms with E-state index in [0.29, 0.717) is 0 Å². The molecular weight excluding hydrogens is 462 g/mol. The minimum Gasteiger partial charge on any atom is -0.317 e. The van der Waals surface area contributed by atoms with Gasteiger partial charge in [0.1, 0.15) is 0 Å². The van der Waals surface area contributed by atoms with Crippen LogP contribution in [0.3, 0.4) is 0 Å². The minimum atomic E-state index is 1.06. The Morgan fingerprint density at radius 3 is 1.63 bits per heavy atom. The molecule has 4 N–H and O–H groups in total. The Bertz CT molecular complexity index is 1130. The number of hydrogen-bond donors (Lipinski definition) is 2. The molecule has 3 aromatic carbocycles. The third kappa shape index (κ3) is 11.4. The summed E-state index contributed by atoms with van der Waals surface area (Å²) < 4.78 is 0. The number of hydrogen-bond acceptors (Lipinski definition) is 3. The zero-order chi connectivity index (χ0) is 28.2. The quantitative estimate of drug-likeness (QED) is 0.255. The number of rotatable bonds is 1. The summed E-state index contributed by atoms with van der Waals surface area (Å²) >= 11 is 0. The highest BCUT2D eigenvalue weighted by atomic mass is 15.1. The monoisotopic (exact) mass is 507 g/mol.